The number of nitrogens with zero attached hydrogens (tertiary/aromatic N) is 1. The quantitative estimate of drug-likeness (QED) is 0.715. The molecule has 1 unspecified atom stereocenters. The molecule has 2 amide bonds. The van der Waals surface area contributed by atoms with E-state index in [4.69, 9.17) is 0 Å². The van der Waals surface area contributed by atoms with Gasteiger partial charge in [0, 0.05) is 6.54 Å². The number of carbonyl (C=O) groups excluding carboxylic acids is 1. The highest BCUT2D eigenvalue weighted by atomic mass is 32.1. The summed E-state index contributed by atoms with van der Waals surface area (Å²) in [6.45, 7) is 8.31. The number of nitrogens with one attached hydrogen (secondary N) is 2. The van der Waals surface area contributed by atoms with E-state index in [1.54, 1.807) is 18.3 Å². The van der Waals surface area contributed by atoms with E-state index >= 15 is 0 Å². The minimum atomic E-state index is -1.02. The molecule has 0 aromatic carbocycles. The second-order valence-electron chi connectivity index (χ2n) is 6.63. The molecule has 3 N–H and O–H groups in total. The van der Waals surface area contributed by atoms with Crippen LogP contribution in [0, 0.1) is 5.92 Å². The fraction of sp³-hybridized carbons (Fsp3) is 0.706. The number of aliphatic hydroxyl groups is 1. The van der Waals surface area contributed by atoms with Crippen molar-refractivity contribution in [1.29, 1.82) is 0 Å². The summed E-state index contributed by atoms with van der Waals surface area (Å²) in [6, 6.07) is 1.69. The molecule has 0 saturated carbocycles. The Hall–Kier alpha value is -1.11. The van der Waals surface area contributed by atoms with Crippen molar-refractivity contribution in [3.63, 3.8) is 0 Å². The van der Waals surface area contributed by atoms with E-state index in [-0.39, 0.29) is 12.6 Å². The molecule has 2 heterocycles. The molecule has 0 radical (unpaired) electrons. The summed E-state index contributed by atoms with van der Waals surface area (Å²) in [5.74, 6) is 0.561. The van der Waals surface area contributed by atoms with Crippen molar-refractivity contribution in [3.8, 4) is 0 Å². The van der Waals surface area contributed by atoms with Crippen LogP contribution in [0.5, 0.6) is 0 Å². The van der Waals surface area contributed by atoms with Gasteiger partial charge in [0.05, 0.1) is 6.54 Å². The average molecular weight is 340 g/mol. The van der Waals surface area contributed by atoms with Crippen molar-refractivity contribution in [2.45, 2.75) is 38.7 Å². The maximum absolute atomic E-state index is 11.9. The molecule has 1 aliphatic heterocycles. The molecule has 6 heteroatoms. The fourth-order valence-electron chi connectivity index (χ4n) is 2.96. The number of rotatable bonds is 7. The molecule has 1 aromatic heterocycles. The van der Waals surface area contributed by atoms with Gasteiger partial charge in [-0.1, -0.05) is 6.92 Å². The van der Waals surface area contributed by atoms with Gasteiger partial charge in [-0.15, -0.1) is 0 Å². The lowest BCUT2D eigenvalue weighted by atomic mass is 9.97. The summed E-state index contributed by atoms with van der Waals surface area (Å²) in [7, 11) is 0. The molecule has 0 bridgehead atoms. The third-order valence-corrected chi connectivity index (χ3v) is 5.22. The second kappa shape index (κ2) is 8.66. The van der Waals surface area contributed by atoms with Crippen molar-refractivity contribution >= 4 is 17.4 Å². The third-order valence-electron chi connectivity index (χ3n) is 4.53. The zero-order valence-corrected chi connectivity index (χ0v) is 15.0. The van der Waals surface area contributed by atoms with Gasteiger partial charge in [0.25, 0.3) is 0 Å². The first kappa shape index (κ1) is 18.2. The predicted octanol–water partition coefficient (Wildman–Crippen LogP) is 2.38. The number of carbonyl (C=O) groups is 1. The second-order valence-corrected chi connectivity index (χ2v) is 7.41. The topological polar surface area (TPSA) is 64.6 Å². The van der Waals surface area contributed by atoms with Crippen LogP contribution in [0.2, 0.25) is 0 Å². The van der Waals surface area contributed by atoms with Crippen LogP contribution in [0.4, 0.5) is 4.79 Å². The van der Waals surface area contributed by atoms with Crippen molar-refractivity contribution in [1.82, 2.24) is 15.5 Å². The van der Waals surface area contributed by atoms with Crippen molar-refractivity contribution in [2.75, 3.05) is 32.7 Å². The molecular weight excluding hydrogens is 310 g/mol. The highest BCUT2D eigenvalue weighted by Gasteiger charge is 2.24. The fourth-order valence-corrected chi connectivity index (χ4v) is 3.74. The number of piperidine rings is 1. The monoisotopic (exact) mass is 339 g/mol. The molecule has 0 spiro atoms. The molecule has 1 aromatic rings. The van der Waals surface area contributed by atoms with E-state index in [9.17, 15) is 9.90 Å². The number of amides is 2. The minimum Gasteiger partial charge on any atom is -0.384 e. The van der Waals surface area contributed by atoms with Crippen LogP contribution in [-0.2, 0) is 5.60 Å². The van der Waals surface area contributed by atoms with Crippen molar-refractivity contribution in [2.24, 2.45) is 5.92 Å². The minimum absolute atomic E-state index is 0.198. The van der Waals surface area contributed by atoms with Gasteiger partial charge in [-0.05, 0) is 74.1 Å². The molecule has 0 aliphatic carbocycles. The van der Waals surface area contributed by atoms with Crippen molar-refractivity contribution in [3.05, 3.63) is 22.4 Å². The van der Waals surface area contributed by atoms with Gasteiger partial charge < -0.3 is 20.6 Å². The molecule has 130 valence electrons. The molecule has 23 heavy (non-hydrogen) atoms. The zero-order chi connectivity index (χ0) is 16.7. The van der Waals surface area contributed by atoms with E-state index in [0.29, 0.717) is 12.5 Å². The smallest absolute Gasteiger partial charge is 0.314 e. The third kappa shape index (κ3) is 5.79. The van der Waals surface area contributed by atoms with Gasteiger partial charge in [-0.2, -0.15) is 11.3 Å². The van der Waals surface area contributed by atoms with Gasteiger partial charge in [0.2, 0.25) is 0 Å². The maximum Gasteiger partial charge on any atom is 0.314 e. The Morgan fingerprint density at radius 3 is 2.78 bits per heavy atom. The Morgan fingerprint density at radius 1 is 1.43 bits per heavy atom. The summed E-state index contributed by atoms with van der Waals surface area (Å²) in [5.41, 5.74) is -0.186. The highest BCUT2D eigenvalue weighted by molar-refractivity contribution is 7.08. The lowest BCUT2D eigenvalue weighted by molar-refractivity contribution is 0.0597. The number of urea groups is 1. The molecule has 1 aliphatic rings. The van der Waals surface area contributed by atoms with Crippen molar-refractivity contribution < 1.29 is 9.90 Å². The molecule has 1 saturated heterocycles. The van der Waals surface area contributed by atoms with Gasteiger partial charge in [0.1, 0.15) is 5.60 Å². The van der Waals surface area contributed by atoms with Crippen LogP contribution in [0.1, 0.15) is 38.7 Å². The summed E-state index contributed by atoms with van der Waals surface area (Å²) in [6.07, 6.45) is 3.50. The van der Waals surface area contributed by atoms with Crippen LogP contribution in [-0.4, -0.2) is 48.8 Å². The highest BCUT2D eigenvalue weighted by Crippen LogP contribution is 2.22. The van der Waals surface area contributed by atoms with Gasteiger partial charge in [-0.25, -0.2) is 4.79 Å². The first-order valence-corrected chi connectivity index (χ1v) is 9.44. The van der Waals surface area contributed by atoms with Crippen LogP contribution >= 0.6 is 11.3 Å². The molecule has 1 atom stereocenters. The Morgan fingerprint density at radius 2 is 2.17 bits per heavy atom. The van der Waals surface area contributed by atoms with Gasteiger partial charge in [0.15, 0.2) is 0 Å². The van der Waals surface area contributed by atoms with Gasteiger partial charge in [-0.3, -0.25) is 0 Å². The lowest BCUT2D eigenvalue weighted by Crippen LogP contribution is -2.45. The van der Waals surface area contributed by atoms with E-state index in [2.05, 4.69) is 22.5 Å². The summed E-state index contributed by atoms with van der Waals surface area (Å²) in [5, 5.41) is 19.9. The Bertz CT molecular complexity index is 468. The van der Waals surface area contributed by atoms with Crippen LogP contribution < -0.4 is 10.6 Å². The number of likely N-dealkylation sites (tertiary alicyclic amines) is 1. The zero-order valence-electron chi connectivity index (χ0n) is 14.2. The summed E-state index contributed by atoms with van der Waals surface area (Å²) >= 11 is 1.54. The number of hydrogen-bond acceptors (Lipinski definition) is 4. The number of thiophene rings is 1. The average Bonchev–Trinajstić information content (AvgIpc) is 3.08. The number of hydrogen-bond donors (Lipinski definition) is 3. The molecule has 2 rings (SSSR count). The first-order chi connectivity index (χ1) is 11.0. The standard InChI is InChI=1S/C17H29N3O2S/c1-3-7-20-8-4-14(5-9-20)11-18-16(21)19-13-17(2,22)15-6-10-23-12-15/h6,10,12,14,22H,3-5,7-9,11,13H2,1-2H3,(H2,18,19,21). The largest absolute Gasteiger partial charge is 0.384 e. The summed E-state index contributed by atoms with van der Waals surface area (Å²) in [4.78, 5) is 14.4. The van der Waals surface area contributed by atoms with Crippen LogP contribution in [0.15, 0.2) is 16.8 Å². The van der Waals surface area contributed by atoms with E-state index in [0.717, 1.165) is 31.5 Å². The normalized spacial score (nSPS) is 19.3. The lowest BCUT2D eigenvalue weighted by Gasteiger charge is -2.31. The first-order valence-electron chi connectivity index (χ1n) is 8.50. The van der Waals surface area contributed by atoms with Crippen LogP contribution in [0.25, 0.3) is 0 Å². The Kier molecular flexibility index (Phi) is 6.87. The predicted molar refractivity (Wildman–Crippen MR) is 94.7 cm³/mol. The maximum atomic E-state index is 11.9. The molecule has 5 nitrogen and oxygen atoms in total. The van der Waals surface area contributed by atoms with Gasteiger partial charge >= 0.3 is 6.03 Å². The van der Waals surface area contributed by atoms with E-state index in [1.807, 2.05) is 16.8 Å². The SMILES string of the molecule is CCCN1CCC(CNC(=O)NCC(C)(O)c2ccsc2)CC1. The molecule has 1 fully saturated rings. The summed E-state index contributed by atoms with van der Waals surface area (Å²) < 4.78 is 0. The Balaban J connectivity index is 1.64. The van der Waals surface area contributed by atoms with E-state index in [1.165, 1.54) is 13.0 Å². The molecular formula is C17H29N3O2S. The van der Waals surface area contributed by atoms with E-state index < -0.39 is 5.60 Å². The van der Waals surface area contributed by atoms with Crippen LogP contribution in [0.3, 0.4) is 0 Å². The Labute approximate surface area is 143 Å².